The van der Waals surface area contributed by atoms with Crippen LogP contribution in [0.25, 0.3) is 0 Å². The van der Waals surface area contributed by atoms with Crippen molar-refractivity contribution in [3.8, 4) is 0 Å². The van der Waals surface area contributed by atoms with Gasteiger partial charge in [0.15, 0.2) is 0 Å². The molecule has 0 saturated carbocycles. The molecule has 0 bridgehead atoms. The SMILES string of the molecule is CC1(CNC2CCCSC2)CCCN(C(=O)OC(C)(C)C)C1. The van der Waals surface area contributed by atoms with Gasteiger partial charge in [-0.2, -0.15) is 11.8 Å². The lowest BCUT2D eigenvalue weighted by atomic mass is 9.81. The first-order chi connectivity index (χ1) is 10.3. The molecule has 2 rings (SSSR count). The van der Waals surface area contributed by atoms with Crippen molar-refractivity contribution in [1.82, 2.24) is 10.2 Å². The first-order valence-electron chi connectivity index (χ1n) is 8.57. The summed E-state index contributed by atoms with van der Waals surface area (Å²) in [5, 5.41) is 3.74. The van der Waals surface area contributed by atoms with Crippen LogP contribution in [0.15, 0.2) is 0 Å². The van der Waals surface area contributed by atoms with E-state index in [-0.39, 0.29) is 11.5 Å². The zero-order chi connectivity index (χ0) is 16.2. The van der Waals surface area contributed by atoms with Crippen LogP contribution in [-0.2, 0) is 4.74 Å². The maximum absolute atomic E-state index is 12.3. The Morgan fingerprint density at radius 1 is 1.41 bits per heavy atom. The van der Waals surface area contributed by atoms with Gasteiger partial charge in [0.2, 0.25) is 0 Å². The molecule has 1 N–H and O–H groups in total. The fourth-order valence-corrected chi connectivity index (χ4v) is 4.34. The quantitative estimate of drug-likeness (QED) is 0.861. The molecule has 22 heavy (non-hydrogen) atoms. The molecule has 4 nitrogen and oxygen atoms in total. The Balaban J connectivity index is 1.83. The first-order valence-corrected chi connectivity index (χ1v) is 9.72. The largest absolute Gasteiger partial charge is 0.444 e. The molecular weight excluding hydrogens is 296 g/mol. The van der Waals surface area contributed by atoms with Gasteiger partial charge < -0.3 is 15.0 Å². The van der Waals surface area contributed by atoms with Gasteiger partial charge in [0, 0.05) is 31.4 Å². The molecule has 2 aliphatic heterocycles. The molecule has 0 aromatic heterocycles. The summed E-state index contributed by atoms with van der Waals surface area (Å²) in [6.07, 6.45) is 4.70. The molecule has 0 aliphatic carbocycles. The second-order valence-corrected chi connectivity index (χ2v) is 9.26. The van der Waals surface area contributed by atoms with Crippen LogP contribution in [0.3, 0.4) is 0 Å². The number of likely N-dealkylation sites (tertiary alicyclic amines) is 1. The topological polar surface area (TPSA) is 41.6 Å². The molecule has 1 amide bonds. The minimum atomic E-state index is -0.414. The van der Waals surface area contributed by atoms with E-state index >= 15 is 0 Å². The predicted octanol–water partition coefficient (Wildman–Crippen LogP) is 3.51. The maximum atomic E-state index is 12.3. The number of ether oxygens (including phenoxy) is 1. The zero-order valence-electron chi connectivity index (χ0n) is 14.6. The number of carbonyl (C=O) groups excluding carboxylic acids is 1. The van der Waals surface area contributed by atoms with E-state index in [2.05, 4.69) is 24.0 Å². The molecule has 0 aromatic carbocycles. The van der Waals surface area contributed by atoms with Crippen molar-refractivity contribution in [2.75, 3.05) is 31.1 Å². The molecule has 5 heteroatoms. The van der Waals surface area contributed by atoms with Crippen LogP contribution < -0.4 is 5.32 Å². The number of piperidine rings is 1. The van der Waals surface area contributed by atoms with Gasteiger partial charge >= 0.3 is 6.09 Å². The van der Waals surface area contributed by atoms with Crippen molar-refractivity contribution >= 4 is 17.9 Å². The third kappa shape index (κ3) is 5.65. The highest BCUT2D eigenvalue weighted by Crippen LogP contribution is 2.30. The van der Waals surface area contributed by atoms with E-state index in [0.717, 1.165) is 26.1 Å². The van der Waals surface area contributed by atoms with E-state index in [1.807, 2.05) is 25.7 Å². The van der Waals surface area contributed by atoms with Gasteiger partial charge in [0.05, 0.1) is 0 Å². The van der Waals surface area contributed by atoms with Crippen molar-refractivity contribution in [1.29, 1.82) is 0 Å². The summed E-state index contributed by atoms with van der Waals surface area (Å²) >= 11 is 2.05. The molecule has 2 atom stereocenters. The van der Waals surface area contributed by atoms with Gasteiger partial charge in [-0.25, -0.2) is 4.79 Å². The van der Waals surface area contributed by atoms with E-state index in [1.165, 1.54) is 30.8 Å². The van der Waals surface area contributed by atoms with Crippen LogP contribution in [0.5, 0.6) is 0 Å². The van der Waals surface area contributed by atoms with Crippen LogP contribution in [0.4, 0.5) is 4.79 Å². The minimum Gasteiger partial charge on any atom is -0.444 e. The summed E-state index contributed by atoms with van der Waals surface area (Å²) in [5.41, 5.74) is -0.250. The highest BCUT2D eigenvalue weighted by atomic mass is 32.2. The molecule has 2 saturated heterocycles. The van der Waals surface area contributed by atoms with E-state index in [9.17, 15) is 4.79 Å². The fourth-order valence-electron chi connectivity index (χ4n) is 3.23. The fraction of sp³-hybridized carbons (Fsp3) is 0.941. The van der Waals surface area contributed by atoms with E-state index in [1.54, 1.807) is 0 Å². The Bertz CT molecular complexity index is 377. The number of nitrogens with zero attached hydrogens (tertiary/aromatic N) is 1. The number of carbonyl (C=O) groups is 1. The minimum absolute atomic E-state index is 0.161. The smallest absolute Gasteiger partial charge is 0.410 e. The Morgan fingerprint density at radius 2 is 2.18 bits per heavy atom. The highest BCUT2D eigenvalue weighted by molar-refractivity contribution is 7.99. The van der Waals surface area contributed by atoms with Gasteiger partial charge in [-0.15, -0.1) is 0 Å². The number of amides is 1. The molecule has 2 unspecified atom stereocenters. The van der Waals surface area contributed by atoms with Crippen molar-refractivity contribution < 1.29 is 9.53 Å². The van der Waals surface area contributed by atoms with Crippen molar-refractivity contribution in [2.24, 2.45) is 5.41 Å². The van der Waals surface area contributed by atoms with E-state index < -0.39 is 5.60 Å². The van der Waals surface area contributed by atoms with Crippen LogP contribution in [0.2, 0.25) is 0 Å². The zero-order valence-corrected chi connectivity index (χ0v) is 15.4. The standard InChI is InChI=1S/C17H32N2O2S/c1-16(2,3)21-15(20)19-9-6-8-17(4,13-19)12-18-14-7-5-10-22-11-14/h14,18H,5-13H2,1-4H3. The van der Waals surface area contributed by atoms with Gasteiger partial charge in [-0.05, 0) is 57.6 Å². The van der Waals surface area contributed by atoms with Crippen LogP contribution in [-0.4, -0.2) is 53.8 Å². The molecule has 2 heterocycles. The number of hydrogen-bond acceptors (Lipinski definition) is 4. The average Bonchev–Trinajstić information content (AvgIpc) is 2.45. The normalized spacial score (nSPS) is 30.2. The second kappa shape index (κ2) is 7.43. The van der Waals surface area contributed by atoms with Crippen LogP contribution in [0.1, 0.15) is 53.4 Å². The first kappa shape index (κ1) is 17.9. The average molecular weight is 329 g/mol. The predicted molar refractivity (Wildman–Crippen MR) is 93.5 cm³/mol. The van der Waals surface area contributed by atoms with Crippen molar-refractivity contribution in [3.05, 3.63) is 0 Å². The Kier molecular flexibility index (Phi) is 6.06. The van der Waals surface area contributed by atoms with Crippen LogP contribution >= 0.6 is 11.8 Å². The van der Waals surface area contributed by atoms with Crippen molar-refractivity contribution in [3.63, 3.8) is 0 Å². The van der Waals surface area contributed by atoms with Gasteiger partial charge in [-0.1, -0.05) is 6.92 Å². The summed E-state index contributed by atoms with van der Waals surface area (Å²) in [7, 11) is 0. The summed E-state index contributed by atoms with van der Waals surface area (Å²) in [6.45, 7) is 10.7. The van der Waals surface area contributed by atoms with Crippen LogP contribution in [0, 0.1) is 5.41 Å². The summed E-state index contributed by atoms with van der Waals surface area (Å²) in [6, 6.07) is 0.646. The van der Waals surface area contributed by atoms with E-state index in [0.29, 0.717) is 6.04 Å². The summed E-state index contributed by atoms with van der Waals surface area (Å²) < 4.78 is 5.53. The Hall–Kier alpha value is -0.420. The Labute approximate surface area is 139 Å². The summed E-state index contributed by atoms with van der Waals surface area (Å²) in [4.78, 5) is 14.2. The monoisotopic (exact) mass is 328 g/mol. The number of nitrogens with one attached hydrogen (secondary N) is 1. The van der Waals surface area contributed by atoms with Crippen molar-refractivity contribution in [2.45, 2.75) is 65.0 Å². The molecular formula is C17H32N2O2S. The molecule has 0 aromatic rings. The lowest BCUT2D eigenvalue weighted by Gasteiger charge is -2.41. The van der Waals surface area contributed by atoms with Gasteiger partial charge in [0.25, 0.3) is 0 Å². The third-order valence-electron chi connectivity index (χ3n) is 4.41. The number of thioether (sulfide) groups is 1. The lowest BCUT2D eigenvalue weighted by Crippen LogP contribution is -2.51. The number of hydrogen-bond donors (Lipinski definition) is 1. The lowest BCUT2D eigenvalue weighted by molar-refractivity contribution is 0.00652. The molecule has 128 valence electrons. The van der Waals surface area contributed by atoms with Gasteiger partial charge in [-0.3, -0.25) is 0 Å². The summed E-state index contributed by atoms with van der Waals surface area (Å²) in [5.74, 6) is 2.54. The third-order valence-corrected chi connectivity index (χ3v) is 5.63. The number of rotatable bonds is 3. The maximum Gasteiger partial charge on any atom is 0.410 e. The Morgan fingerprint density at radius 3 is 2.82 bits per heavy atom. The highest BCUT2D eigenvalue weighted by Gasteiger charge is 2.35. The molecule has 0 spiro atoms. The second-order valence-electron chi connectivity index (χ2n) is 8.11. The molecule has 2 fully saturated rings. The molecule has 2 aliphatic rings. The van der Waals surface area contributed by atoms with E-state index in [4.69, 9.17) is 4.74 Å². The van der Waals surface area contributed by atoms with Gasteiger partial charge in [0.1, 0.15) is 5.60 Å². The molecule has 0 radical (unpaired) electrons.